The van der Waals surface area contributed by atoms with E-state index in [2.05, 4.69) is 157 Å². The van der Waals surface area contributed by atoms with Crippen molar-refractivity contribution in [1.29, 1.82) is 0 Å². The maximum Gasteiger partial charge on any atom is 0.0976 e. The van der Waals surface area contributed by atoms with Crippen LogP contribution in [0.15, 0.2) is 78.9 Å². The summed E-state index contributed by atoms with van der Waals surface area (Å²) >= 11 is 4.89. The van der Waals surface area contributed by atoms with Gasteiger partial charge in [-0.25, -0.2) is 9.97 Å². The molecule has 0 N–H and O–H groups in total. The molecule has 204 valence electrons. The van der Waals surface area contributed by atoms with Gasteiger partial charge in [0, 0.05) is 30.7 Å². The second-order valence-electron chi connectivity index (χ2n) is 11.5. The van der Waals surface area contributed by atoms with Crippen molar-refractivity contribution >= 4 is 94.8 Å². The molecule has 6 aromatic rings. The first kappa shape index (κ1) is 27.1. The summed E-state index contributed by atoms with van der Waals surface area (Å²) in [6.45, 7) is 9.08. The number of anilines is 3. The van der Waals surface area contributed by atoms with E-state index in [0.717, 1.165) is 48.8 Å². The van der Waals surface area contributed by atoms with E-state index in [1.165, 1.54) is 49.8 Å². The fraction of sp³-hybridized carbons (Fsp3) is 0.222. The summed E-state index contributed by atoms with van der Waals surface area (Å²) in [5.74, 6) is 0. The SMILES string of the molecule is CCc1nc2c3cc(N4c5ccccc5C(C)(C)c5ccccc54)ccc3c3cc(C)c(CI)cc3c2nc1CI. The number of halogens is 2. The molecular formula is C36H31I2N3. The molecule has 0 atom stereocenters. The highest BCUT2D eigenvalue weighted by atomic mass is 127. The molecule has 2 heterocycles. The standard InChI is InChI=1S/C36H31I2N3/c1-5-30-31(20-38)40-34-26-17-22(19-37)21(2)16-25(26)24-15-14-23(18-27(24)35(34)39-30)41-32-12-8-6-10-28(32)36(3,4)29-11-7-9-13-33(29)41/h6-18H,5,19-20H2,1-4H3. The minimum Gasteiger partial charge on any atom is -0.310 e. The molecule has 0 saturated carbocycles. The van der Waals surface area contributed by atoms with Crippen LogP contribution in [0.2, 0.25) is 0 Å². The van der Waals surface area contributed by atoms with Crippen LogP contribution in [0, 0.1) is 6.92 Å². The third kappa shape index (κ3) is 4.09. The van der Waals surface area contributed by atoms with Crippen molar-refractivity contribution in [2.45, 2.75) is 48.4 Å². The van der Waals surface area contributed by atoms with Crippen LogP contribution in [0.5, 0.6) is 0 Å². The largest absolute Gasteiger partial charge is 0.310 e. The van der Waals surface area contributed by atoms with E-state index >= 15 is 0 Å². The van der Waals surface area contributed by atoms with Gasteiger partial charge in [-0.05, 0) is 76.7 Å². The Morgan fingerprint density at radius 2 is 1.29 bits per heavy atom. The number of para-hydroxylation sites is 2. The zero-order valence-electron chi connectivity index (χ0n) is 23.7. The van der Waals surface area contributed by atoms with E-state index in [1.807, 2.05) is 0 Å². The molecule has 7 rings (SSSR count). The first-order valence-electron chi connectivity index (χ1n) is 14.2. The van der Waals surface area contributed by atoms with E-state index in [4.69, 9.17) is 9.97 Å². The quantitative estimate of drug-likeness (QED) is 0.102. The molecule has 0 aliphatic carbocycles. The Kier molecular flexibility index (Phi) is 6.73. The van der Waals surface area contributed by atoms with Crippen molar-refractivity contribution < 1.29 is 0 Å². The molecule has 5 heteroatoms. The minimum absolute atomic E-state index is 0.0886. The summed E-state index contributed by atoms with van der Waals surface area (Å²) in [7, 11) is 0. The molecule has 0 bridgehead atoms. The predicted molar refractivity (Wildman–Crippen MR) is 191 cm³/mol. The summed E-state index contributed by atoms with van der Waals surface area (Å²) in [4.78, 5) is 13.1. The van der Waals surface area contributed by atoms with Crippen LogP contribution in [-0.2, 0) is 20.7 Å². The molecule has 41 heavy (non-hydrogen) atoms. The average molecular weight is 759 g/mol. The van der Waals surface area contributed by atoms with Gasteiger partial charge >= 0.3 is 0 Å². The highest BCUT2D eigenvalue weighted by Gasteiger charge is 2.36. The first-order valence-corrected chi connectivity index (χ1v) is 17.2. The summed E-state index contributed by atoms with van der Waals surface area (Å²) < 4.78 is 1.83. The Balaban J connectivity index is 1.59. The summed E-state index contributed by atoms with van der Waals surface area (Å²) in [6, 6.07) is 29.3. The Morgan fingerprint density at radius 3 is 1.90 bits per heavy atom. The van der Waals surface area contributed by atoms with Gasteiger partial charge in [0.2, 0.25) is 0 Å². The predicted octanol–water partition coefficient (Wildman–Crippen LogP) is 10.8. The second kappa shape index (κ2) is 10.2. The molecule has 1 aliphatic heterocycles. The molecule has 0 radical (unpaired) electrons. The van der Waals surface area contributed by atoms with Gasteiger partial charge in [0.25, 0.3) is 0 Å². The zero-order valence-corrected chi connectivity index (χ0v) is 28.0. The maximum atomic E-state index is 5.33. The number of aryl methyl sites for hydroxylation is 2. The zero-order chi connectivity index (χ0) is 28.5. The number of alkyl halides is 2. The molecule has 3 nitrogen and oxygen atoms in total. The van der Waals surface area contributed by atoms with Gasteiger partial charge < -0.3 is 4.90 Å². The molecule has 1 aromatic heterocycles. The third-order valence-electron chi connectivity index (χ3n) is 8.83. The van der Waals surface area contributed by atoms with Crippen molar-refractivity contribution in [1.82, 2.24) is 9.97 Å². The molecule has 1 aliphatic rings. The number of benzene rings is 5. The van der Waals surface area contributed by atoms with Gasteiger partial charge in [-0.2, -0.15) is 0 Å². The first-order chi connectivity index (χ1) is 19.9. The molecule has 0 spiro atoms. The Labute approximate surface area is 268 Å². The van der Waals surface area contributed by atoms with Crippen LogP contribution >= 0.6 is 45.2 Å². The number of hydrogen-bond donors (Lipinski definition) is 0. The molecule has 5 aromatic carbocycles. The second-order valence-corrected chi connectivity index (χ2v) is 13.0. The van der Waals surface area contributed by atoms with Crippen molar-refractivity contribution in [3.8, 4) is 0 Å². The van der Waals surface area contributed by atoms with Crippen LogP contribution in [0.4, 0.5) is 17.1 Å². The van der Waals surface area contributed by atoms with E-state index in [9.17, 15) is 0 Å². The molecule has 0 amide bonds. The van der Waals surface area contributed by atoms with Gasteiger partial charge in [-0.1, -0.05) is 114 Å². The van der Waals surface area contributed by atoms with Gasteiger partial charge in [0.1, 0.15) is 0 Å². The molecule has 0 unspecified atom stereocenters. The lowest BCUT2D eigenvalue weighted by Crippen LogP contribution is -2.30. The number of nitrogens with zero attached hydrogens (tertiary/aromatic N) is 3. The summed E-state index contributed by atoms with van der Waals surface area (Å²) in [5, 5.41) is 4.85. The van der Waals surface area contributed by atoms with Crippen LogP contribution in [0.3, 0.4) is 0 Å². The summed E-state index contributed by atoms with van der Waals surface area (Å²) in [5.41, 5.74) is 13.1. The van der Waals surface area contributed by atoms with Gasteiger partial charge in [-0.3, -0.25) is 0 Å². The van der Waals surface area contributed by atoms with Crippen molar-refractivity contribution in [3.05, 3.63) is 113 Å². The van der Waals surface area contributed by atoms with E-state index in [-0.39, 0.29) is 5.41 Å². The topological polar surface area (TPSA) is 29.0 Å². The molecule has 0 saturated heterocycles. The molecular weight excluding hydrogens is 728 g/mol. The minimum atomic E-state index is -0.0886. The van der Waals surface area contributed by atoms with Gasteiger partial charge in [-0.15, -0.1) is 0 Å². The Hall–Kier alpha value is -2.78. The fourth-order valence-electron chi connectivity index (χ4n) is 6.64. The van der Waals surface area contributed by atoms with E-state index < -0.39 is 0 Å². The number of rotatable bonds is 4. The Morgan fingerprint density at radius 1 is 0.683 bits per heavy atom. The molecule has 0 fully saturated rings. The van der Waals surface area contributed by atoms with Crippen LogP contribution in [0.25, 0.3) is 32.6 Å². The third-order valence-corrected chi connectivity index (χ3v) is 10.4. The van der Waals surface area contributed by atoms with Gasteiger partial charge in [0.15, 0.2) is 0 Å². The smallest absolute Gasteiger partial charge is 0.0976 e. The van der Waals surface area contributed by atoms with Crippen molar-refractivity contribution in [3.63, 3.8) is 0 Å². The normalized spacial score (nSPS) is 14.0. The maximum absolute atomic E-state index is 5.33. The number of aromatic nitrogens is 2. The van der Waals surface area contributed by atoms with Crippen LogP contribution < -0.4 is 4.90 Å². The van der Waals surface area contributed by atoms with Crippen LogP contribution in [-0.4, -0.2) is 9.97 Å². The summed E-state index contributed by atoms with van der Waals surface area (Å²) in [6.07, 6.45) is 0.870. The Bertz CT molecular complexity index is 1960. The van der Waals surface area contributed by atoms with Crippen molar-refractivity contribution in [2.24, 2.45) is 0 Å². The lowest BCUT2D eigenvalue weighted by Gasteiger charge is -2.42. The van der Waals surface area contributed by atoms with E-state index in [1.54, 1.807) is 0 Å². The highest BCUT2D eigenvalue weighted by Crippen LogP contribution is 2.52. The highest BCUT2D eigenvalue weighted by molar-refractivity contribution is 14.1. The fourth-order valence-corrected chi connectivity index (χ4v) is 8.07. The monoisotopic (exact) mass is 759 g/mol. The number of hydrogen-bond acceptors (Lipinski definition) is 3. The lowest BCUT2D eigenvalue weighted by atomic mass is 9.73. The van der Waals surface area contributed by atoms with Gasteiger partial charge in [0.05, 0.1) is 33.8 Å². The van der Waals surface area contributed by atoms with E-state index in [0.29, 0.717) is 0 Å². The average Bonchev–Trinajstić information content (AvgIpc) is 3.00. The lowest BCUT2D eigenvalue weighted by molar-refractivity contribution is 0.632. The van der Waals surface area contributed by atoms with Crippen LogP contribution in [0.1, 0.15) is 54.4 Å². The number of fused-ring (bicyclic) bond motifs is 8. The van der Waals surface area contributed by atoms with Crippen molar-refractivity contribution in [2.75, 3.05) is 4.90 Å².